The van der Waals surface area contributed by atoms with Gasteiger partial charge in [-0.3, -0.25) is 4.68 Å². The minimum atomic E-state index is 0.591. The largest absolute Gasteiger partial charge is 0.497 e. The molecule has 0 atom stereocenters. The first-order valence-electron chi connectivity index (χ1n) is 7.27. The highest BCUT2D eigenvalue weighted by Gasteiger charge is 2.10. The summed E-state index contributed by atoms with van der Waals surface area (Å²) < 4.78 is 7.14. The van der Waals surface area contributed by atoms with Crippen LogP contribution in [-0.4, -0.2) is 22.0 Å². The lowest BCUT2D eigenvalue weighted by Gasteiger charge is -2.11. The second kappa shape index (κ2) is 7.26. The van der Waals surface area contributed by atoms with Gasteiger partial charge in [0.2, 0.25) is 0 Å². The molecule has 0 aliphatic heterocycles. The zero-order valence-electron chi connectivity index (χ0n) is 13.4. The smallest absolute Gasteiger partial charge is 0.171 e. The number of hydrogen-bond donors (Lipinski definition) is 2. The fraction of sp³-hybridized carbons (Fsp3) is 0.375. The zero-order chi connectivity index (χ0) is 16.1. The average Bonchev–Trinajstić information content (AvgIpc) is 2.80. The molecule has 1 aromatic carbocycles. The molecule has 2 rings (SSSR count). The molecule has 2 aromatic rings. The number of nitrogens with one attached hydrogen (secondary N) is 2. The van der Waals surface area contributed by atoms with E-state index in [0.29, 0.717) is 11.7 Å². The lowest BCUT2D eigenvalue weighted by atomic mass is 10.2. The Bertz CT molecular complexity index is 649. The monoisotopic (exact) mass is 318 g/mol. The third kappa shape index (κ3) is 3.76. The van der Waals surface area contributed by atoms with Crippen molar-refractivity contribution in [2.45, 2.75) is 33.9 Å². The third-order valence-electron chi connectivity index (χ3n) is 3.60. The number of anilines is 1. The summed E-state index contributed by atoms with van der Waals surface area (Å²) in [6.45, 7) is 7.74. The summed E-state index contributed by atoms with van der Waals surface area (Å²) in [7, 11) is 1.65. The first-order valence-corrected chi connectivity index (χ1v) is 7.67. The lowest BCUT2D eigenvalue weighted by molar-refractivity contribution is 0.415. The molecule has 0 bridgehead atoms. The summed E-state index contributed by atoms with van der Waals surface area (Å²) in [6.07, 6.45) is 0. The van der Waals surface area contributed by atoms with Gasteiger partial charge >= 0.3 is 0 Å². The van der Waals surface area contributed by atoms with E-state index < -0.39 is 0 Å². The molecule has 0 radical (unpaired) electrons. The van der Waals surface area contributed by atoms with Gasteiger partial charge < -0.3 is 15.4 Å². The summed E-state index contributed by atoms with van der Waals surface area (Å²) in [5.74, 6) is 0.822. The van der Waals surface area contributed by atoms with Crippen LogP contribution in [0.25, 0.3) is 0 Å². The van der Waals surface area contributed by atoms with Gasteiger partial charge in [0.05, 0.1) is 12.8 Å². The predicted octanol–water partition coefficient (Wildman–Crippen LogP) is 3.02. The van der Waals surface area contributed by atoms with Crippen LogP contribution < -0.4 is 15.4 Å². The Kier molecular flexibility index (Phi) is 5.38. The SMILES string of the molecule is CCn1nc(C)c(CNC(=S)Nc2ccc(OC)cc2)c1C. The summed E-state index contributed by atoms with van der Waals surface area (Å²) in [4.78, 5) is 0. The van der Waals surface area contributed by atoms with Crippen LogP contribution in [0.4, 0.5) is 5.69 Å². The van der Waals surface area contributed by atoms with Gasteiger partial charge in [0, 0.05) is 30.0 Å². The summed E-state index contributed by atoms with van der Waals surface area (Å²) in [5.41, 5.74) is 4.34. The summed E-state index contributed by atoms with van der Waals surface area (Å²) >= 11 is 5.34. The Balaban J connectivity index is 1.93. The molecule has 5 nitrogen and oxygen atoms in total. The van der Waals surface area contributed by atoms with Crippen LogP contribution in [-0.2, 0) is 13.1 Å². The van der Waals surface area contributed by atoms with E-state index in [1.54, 1.807) is 7.11 Å². The van der Waals surface area contributed by atoms with Crippen molar-refractivity contribution in [2.24, 2.45) is 0 Å². The van der Waals surface area contributed by atoms with Crippen molar-refractivity contribution in [1.82, 2.24) is 15.1 Å². The molecular formula is C16H22N4OS. The van der Waals surface area contributed by atoms with Gasteiger partial charge in [0.15, 0.2) is 5.11 Å². The van der Waals surface area contributed by atoms with Crippen molar-refractivity contribution in [3.63, 3.8) is 0 Å². The van der Waals surface area contributed by atoms with Crippen LogP contribution in [0.3, 0.4) is 0 Å². The van der Waals surface area contributed by atoms with E-state index in [1.807, 2.05) is 35.9 Å². The number of nitrogens with zero attached hydrogens (tertiary/aromatic N) is 2. The predicted molar refractivity (Wildman–Crippen MR) is 93.4 cm³/mol. The quantitative estimate of drug-likeness (QED) is 0.830. The van der Waals surface area contributed by atoms with E-state index in [1.165, 1.54) is 11.3 Å². The standard InChI is InChI=1S/C16H22N4OS/c1-5-20-12(3)15(11(2)19-20)10-17-16(22)18-13-6-8-14(21-4)9-7-13/h6-9H,5,10H2,1-4H3,(H2,17,18,22). The van der Waals surface area contributed by atoms with Gasteiger partial charge in [0.1, 0.15) is 5.75 Å². The number of rotatable bonds is 5. The fourth-order valence-corrected chi connectivity index (χ4v) is 2.51. The normalized spacial score (nSPS) is 10.4. The van der Waals surface area contributed by atoms with Gasteiger partial charge in [-0.2, -0.15) is 5.10 Å². The Morgan fingerprint density at radius 1 is 1.27 bits per heavy atom. The van der Waals surface area contributed by atoms with E-state index in [4.69, 9.17) is 17.0 Å². The van der Waals surface area contributed by atoms with Gasteiger partial charge in [-0.1, -0.05) is 0 Å². The zero-order valence-corrected chi connectivity index (χ0v) is 14.3. The maximum atomic E-state index is 5.34. The maximum absolute atomic E-state index is 5.34. The van der Waals surface area contributed by atoms with E-state index >= 15 is 0 Å². The molecule has 6 heteroatoms. The number of aryl methyl sites for hydroxylation is 2. The van der Waals surface area contributed by atoms with Crippen molar-refractivity contribution in [2.75, 3.05) is 12.4 Å². The average molecular weight is 318 g/mol. The molecule has 0 amide bonds. The highest BCUT2D eigenvalue weighted by Crippen LogP contribution is 2.15. The van der Waals surface area contributed by atoms with Gasteiger partial charge in [0.25, 0.3) is 0 Å². The molecule has 0 aliphatic carbocycles. The van der Waals surface area contributed by atoms with E-state index in [2.05, 4.69) is 29.6 Å². The van der Waals surface area contributed by atoms with Crippen LogP contribution in [0.5, 0.6) is 5.75 Å². The first-order chi connectivity index (χ1) is 10.5. The molecule has 0 saturated heterocycles. The Hall–Kier alpha value is -2.08. The number of benzene rings is 1. The van der Waals surface area contributed by atoms with Crippen LogP contribution in [0.1, 0.15) is 23.9 Å². The topological polar surface area (TPSA) is 51.1 Å². The van der Waals surface area contributed by atoms with Crippen molar-refractivity contribution < 1.29 is 4.74 Å². The highest BCUT2D eigenvalue weighted by atomic mass is 32.1. The molecule has 0 fully saturated rings. The molecule has 0 spiro atoms. The number of aromatic nitrogens is 2. The van der Waals surface area contributed by atoms with Crippen molar-refractivity contribution >= 4 is 23.0 Å². The maximum Gasteiger partial charge on any atom is 0.171 e. The molecule has 22 heavy (non-hydrogen) atoms. The van der Waals surface area contributed by atoms with Crippen molar-refractivity contribution in [3.8, 4) is 5.75 Å². The number of thiocarbonyl (C=S) groups is 1. The minimum absolute atomic E-state index is 0.591. The molecule has 0 unspecified atom stereocenters. The number of hydrogen-bond acceptors (Lipinski definition) is 3. The van der Waals surface area contributed by atoms with E-state index in [0.717, 1.165) is 23.7 Å². The minimum Gasteiger partial charge on any atom is -0.497 e. The first kappa shape index (κ1) is 16.3. The van der Waals surface area contributed by atoms with E-state index in [-0.39, 0.29) is 0 Å². The third-order valence-corrected chi connectivity index (χ3v) is 3.85. The molecule has 1 aromatic heterocycles. The second-order valence-corrected chi connectivity index (χ2v) is 5.41. The molecule has 0 saturated carbocycles. The van der Waals surface area contributed by atoms with Crippen LogP contribution >= 0.6 is 12.2 Å². The van der Waals surface area contributed by atoms with Crippen molar-refractivity contribution in [1.29, 1.82) is 0 Å². The Labute approximate surface area is 136 Å². The summed E-state index contributed by atoms with van der Waals surface area (Å²) in [5, 5.41) is 11.5. The molecule has 0 aliphatic rings. The number of methoxy groups -OCH3 is 1. The molecule has 2 N–H and O–H groups in total. The van der Waals surface area contributed by atoms with Crippen molar-refractivity contribution in [3.05, 3.63) is 41.2 Å². The molecule has 118 valence electrons. The van der Waals surface area contributed by atoms with Crippen LogP contribution in [0, 0.1) is 13.8 Å². The fourth-order valence-electron chi connectivity index (χ4n) is 2.32. The molecular weight excluding hydrogens is 296 g/mol. The number of ether oxygens (including phenoxy) is 1. The summed E-state index contributed by atoms with van der Waals surface area (Å²) in [6, 6.07) is 7.64. The van der Waals surface area contributed by atoms with Crippen LogP contribution in [0.15, 0.2) is 24.3 Å². The second-order valence-electron chi connectivity index (χ2n) is 5.00. The highest BCUT2D eigenvalue weighted by molar-refractivity contribution is 7.80. The Morgan fingerprint density at radius 3 is 2.50 bits per heavy atom. The van der Waals surface area contributed by atoms with Crippen LogP contribution in [0.2, 0.25) is 0 Å². The van der Waals surface area contributed by atoms with Gasteiger partial charge in [-0.25, -0.2) is 0 Å². The van der Waals surface area contributed by atoms with Gasteiger partial charge in [-0.15, -0.1) is 0 Å². The lowest BCUT2D eigenvalue weighted by Crippen LogP contribution is -2.28. The van der Waals surface area contributed by atoms with Gasteiger partial charge in [-0.05, 0) is 57.3 Å². The molecule has 1 heterocycles. The van der Waals surface area contributed by atoms with E-state index in [9.17, 15) is 0 Å². The Morgan fingerprint density at radius 2 is 1.95 bits per heavy atom.